The van der Waals surface area contributed by atoms with Gasteiger partial charge in [0.25, 0.3) is 11.7 Å². The Morgan fingerprint density at radius 2 is 1.55 bits per heavy atom. The second-order valence-corrected chi connectivity index (χ2v) is 7.31. The summed E-state index contributed by atoms with van der Waals surface area (Å²) in [6.07, 6.45) is 3.16. The van der Waals surface area contributed by atoms with Crippen LogP contribution in [0.4, 0.5) is 5.69 Å². The Labute approximate surface area is 176 Å². The van der Waals surface area contributed by atoms with E-state index < -0.39 is 17.7 Å². The highest BCUT2D eigenvalue weighted by Gasteiger charge is 2.47. The quantitative estimate of drug-likeness (QED) is 0.364. The highest BCUT2D eigenvalue weighted by molar-refractivity contribution is 6.51. The summed E-state index contributed by atoms with van der Waals surface area (Å²) in [6, 6.07) is 15.6. The molecule has 144 valence electrons. The predicted octanol–water partition coefficient (Wildman–Crippen LogP) is 5.01. The number of aromatic nitrogens is 1. The molecule has 0 saturated carbocycles. The predicted molar refractivity (Wildman–Crippen MR) is 112 cm³/mol. The molecule has 1 saturated heterocycles. The molecular formula is C22H14Cl2N2O3. The molecule has 0 bridgehead atoms. The maximum absolute atomic E-state index is 12.9. The van der Waals surface area contributed by atoms with Gasteiger partial charge in [0, 0.05) is 33.7 Å². The maximum Gasteiger partial charge on any atom is 0.300 e. The van der Waals surface area contributed by atoms with Crippen LogP contribution in [0, 0.1) is 0 Å². The summed E-state index contributed by atoms with van der Waals surface area (Å²) >= 11 is 11.9. The molecule has 29 heavy (non-hydrogen) atoms. The van der Waals surface area contributed by atoms with Crippen LogP contribution in [0.1, 0.15) is 17.2 Å². The summed E-state index contributed by atoms with van der Waals surface area (Å²) in [6.45, 7) is 0. The van der Waals surface area contributed by atoms with Gasteiger partial charge in [0.2, 0.25) is 0 Å². The van der Waals surface area contributed by atoms with Crippen molar-refractivity contribution in [3.63, 3.8) is 0 Å². The number of carbonyl (C=O) groups is 2. The number of anilines is 1. The molecule has 0 spiro atoms. The fraction of sp³-hybridized carbons (Fsp3) is 0.0455. The number of halogens is 2. The van der Waals surface area contributed by atoms with Crippen LogP contribution in [0.2, 0.25) is 10.0 Å². The number of carbonyl (C=O) groups excluding carboxylic acids is 2. The molecule has 1 aliphatic rings. The van der Waals surface area contributed by atoms with E-state index in [-0.39, 0.29) is 11.3 Å². The Kier molecular flexibility index (Phi) is 5.09. The third-order valence-electron chi connectivity index (χ3n) is 4.67. The molecule has 1 aliphatic heterocycles. The number of Topliss-reactive ketones (excluding diaryl/α,β-unsaturated/α-hetero) is 1. The minimum Gasteiger partial charge on any atom is -0.507 e. The Balaban J connectivity index is 1.93. The summed E-state index contributed by atoms with van der Waals surface area (Å²) < 4.78 is 0. The normalized spacial score (nSPS) is 18.3. The lowest BCUT2D eigenvalue weighted by atomic mass is 9.96. The molecule has 1 atom stereocenters. The zero-order valence-electron chi connectivity index (χ0n) is 14.9. The van der Waals surface area contributed by atoms with Crippen molar-refractivity contribution in [3.8, 4) is 0 Å². The van der Waals surface area contributed by atoms with Gasteiger partial charge in [0.05, 0.1) is 11.6 Å². The van der Waals surface area contributed by atoms with Crippen molar-refractivity contribution >= 4 is 46.3 Å². The van der Waals surface area contributed by atoms with Gasteiger partial charge in [-0.05, 0) is 60.2 Å². The molecule has 1 aromatic heterocycles. The molecule has 1 N–H and O–H groups in total. The molecule has 1 amide bonds. The van der Waals surface area contributed by atoms with E-state index in [2.05, 4.69) is 4.98 Å². The SMILES string of the molecule is O=C1C(=O)N(c2ccc(Cl)cc2)C(c2cccnc2)/C1=C(/O)c1ccc(Cl)cc1. The molecule has 0 radical (unpaired) electrons. The molecule has 0 aliphatic carbocycles. The van der Waals surface area contributed by atoms with Gasteiger partial charge in [-0.1, -0.05) is 29.3 Å². The molecule has 1 fully saturated rings. The fourth-order valence-corrected chi connectivity index (χ4v) is 3.57. The number of hydrogen-bond donors (Lipinski definition) is 1. The number of rotatable bonds is 3. The number of benzene rings is 2. The monoisotopic (exact) mass is 424 g/mol. The largest absolute Gasteiger partial charge is 0.507 e. The Hall–Kier alpha value is -3.15. The van der Waals surface area contributed by atoms with E-state index in [0.29, 0.717) is 26.9 Å². The number of amides is 1. The second kappa shape index (κ2) is 7.70. The van der Waals surface area contributed by atoms with Gasteiger partial charge < -0.3 is 5.11 Å². The van der Waals surface area contributed by atoms with Gasteiger partial charge in [-0.25, -0.2) is 0 Å². The minimum atomic E-state index is -0.833. The Bertz CT molecular complexity index is 1110. The topological polar surface area (TPSA) is 70.5 Å². The van der Waals surface area contributed by atoms with Crippen LogP contribution in [-0.4, -0.2) is 21.8 Å². The van der Waals surface area contributed by atoms with Crippen LogP contribution in [0.5, 0.6) is 0 Å². The second-order valence-electron chi connectivity index (χ2n) is 6.44. The zero-order chi connectivity index (χ0) is 20.5. The average molecular weight is 425 g/mol. The van der Waals surface area contributed by atoms with Gasteiger partial charge in [0.15, 0.2) is 0 Å². The van der Waals surface area contributed by atoms with Gasteiger partial charge in [-0.3, -0.25) is 19.5 Å². The molecule has 4 rings (SSSR count). The molecule has 7 heteroatoms. The van der Waals surface area contributed by atoms with Crippen LogP contribution in [0.3, 0.4) is 0 Å². The molecule has 1 unspecified atom stereocenters. The summed E-state index contributed by atoms with van der Waals surface area (Å²) in [5, 5.41) is 11.9. The van der Waals surface area contributed by atoms with E-state index in [1.807, 2.05) is 0 Å². The first-order valence-electron chi connectivity index (χ1n) is 8.70. The first-order chi connectivity index (χ1) is 14.0. The van der Waals surface area contributed by atoms with Crippen molar-refractivity contribution in [1.29, 1.82) is 0 Å². The van der Waals surface area contributed by atoms with Gasteiger partial charge >= 0.3 is 0 Å². The first-order valence-corrected chi connectivity index (χ1v) is 9.45. The van der Waals surface area contributed by atoms with Crippen molar-refractivity contribution in [2.45, 2.75) is 6.04 Å². The highest BCUT2D eigenvalue weighted by Crippen LogP contribution is 2.42. The van der Waals surface area contributed by atoms with Crippen LogP contribution in [0.25, 0.3) is 5.76 Å². The Morgan fingerprint density at radius 3 is 2.14 bits per heavy atom. The number of hydrogen-bond acceptors (Lipinski definition) is 4. The lowest BCUT2D eigenvalue weighted by Crippen LogP contribution is -2.29. The van der Waals surface area contributed by atoms with Gasteiger partial charge in [-0.2, -0.15) is 0 Å². The van der Waals surface area contributed by atoms with Gasteiger partial charge in [0.1, 0.15) is 5.76 Å². The van der Waals surface area contributed by atoms with Gasteiger partial charge in [-0.15, -0.1) is 0 Å². The van der Waals surface area contributed by atoms with Crippen molar-refractivity contribution in [2.75, 3.05) is 4.90 Å². The van der Waals surface area contributed by atoms with E-state index >= 15 is 0 Å². The van der Waals surface area contributed by atoms with E-state index in [9.17, 15) is 14.7 Å². The summed E-state index contributed by atoms with van der Waals surface area (Å²) in [4.78, 5) is 31.3. The molecule has 3 aromatic rings. The minimum absolute atomic E-state index is 0.0136. The van der Waals surface area contributed by atoms with Crippen molar-refractivity contribution in [2.24, 2.45) is 0 Å². The lowest BCUT2D eigenvalue weighted by Gasteiger charge is -2.25. The first kappa shape index (κ1) is 19.2. The molecular weight excluding hydrogens is 411 g/mol. The molecule has 2 aromatic carbocycles. The van der Waals surface area contributed by atoms with Crippen molar-refractivity contribution < 1.29 is 14.7 Å². The maximum atomic E-state index is 12.9. The number of ketones is 1. The number of aliphatic hydroxyl groups excluding tert-OH is 1. The third-order valence-corrected chi connectivity index (χ3v) is 5.17. The molecule has 5 nitrogen and oxygen atoms in total. The van der Waals surface area contributed by atoms with E-state index in [0.717, 1.165) is 0 Å². The number of pyridine rings is 1. The summed E-state index contributed by atoms with van der Waals surface area (Å²) in [7, 11) is 0. The number of nitrogens with zero attached hydrogens (tertiary/aromatic N) is 2. The van der Waals surface area contributed by atoms with Crippen LogP contribution in [-0.2, 0) is 9.59 Å². The lowest BCUT2D eigenvalue weighted by molar-refractivity contribution is -0.132. The average Bonchev–Trinajstić information content (AvgIpc) is 3.00. The van der Waals surface area contributed by atoms with E-state index in [1.165, 1.54) is 4.90 Å². The fourth-order valence-electron chi connectivity index (χ4n) is 3.32. The molecule has 2 heterocycles. The standard InChI is InChI=1S/C22H14Cl2N2O3/c23-15-5-3-13(4-6-15)20(27)18-19(14-2-1-11-25-12-14)26(22(29)21(18)28)17-9-7-16(24)8-10-17/h1-12,19,27H/b20-18-. The number of aliphatic hydroxyl groups is 1. The van der Waals surface area contributed by atoms with Crippen LogP contribution >= 0.6 is 23.2 Å². The van der Waals surface area contributed by atoms with Crippen LogP contribution < -0.4 is 4.90 Å². The summed E-state index contributed by atoms with van der Waals surface area (Å²) in [5.74, 6) is -1.79. The van der Waals surface area contributed by atoms with Crippen molar-refractivity contribution in [1.82, 2.24) is 4.98 Å². The van der Waals surface area contributed by atoms with E-state index in [4.69, 9.17) is 23.2 Å². The highest BCUT2D eigenvalue weighted by atomic mass is 35.5. The van der Waals surface area contributed by atoms with E-state index in [1.54, 1.807) is 73.1 Å². The zero-order valence-corrected chi connectivity index (χ0v) is 16.4. The summed E-state index contributed by atoms with van der Waals surface area (Å²) in [5.41, 5.74) is 1.45. The Morgan fingerprint density at radius 1 is 0.931 bits per heavy atom. The van der Waals surface area contributed by atoms with Crippen LogP contribution in [0.15, 0.2) is 78.6 Å². The third kappa shape index (κ3) is 3.50. The smallest absolute Gasteiger partial charge is 0.300 e. The van der Waals surface area contributed by atoms with Crippen molar-refractivity contribution in [3.05, 3.63) is 99.8 Å².